The molecule has 2 aromatic heterocycles. The van der Waals surface area contributed by atoms with Crippen LogP contribution in [0.1, 0.15) is 58.0 Å². The smallest absolute Gasteiger partial charge is 0.451 e. The third-order valence-electron chi connectivity index (χ3n) is 10.2. The van der Waals surface area contributed by atoms with Crippen molar-refractivity contribution < 1.29 is 37.0 Å². The number of carbonyl (C=O) groups is 2. The molecule has 9 rings (SSSR count). The first kappa shape index (κ1) is 28.4. The molecule has 0 N–H and O–H groups in total. The molecule has 240 valence electrons. The molecular formula is C34H26F3N3O6S. The number of piperidine rings is 1. The molecule has 4 aromatic rings. The van der Waals surface area contributed by atoms with Gasteiger partial charge in [0, 0.05) is 46.6 Å². The van der Waals surface area contributed by atoms with E-state index in [0.717, 1.165) is 48.4 Å². The monoisotopic (exact) mass is 661 g/mol. The number of nitrogens with zero attached hydrogens (tertiary/aromatic N) is 3. The van der Waals surface area contributed by atoms with Crippen molar-refractivity contribution in [1.82, 2.24) is 9.58 Å². The van der Waals surface area contributed by atoms with E-state index in [1.165, 1.54) is 23.6 Å². The van der Waals surface area contributed by atoms with Crippen molar-refractivity contribution in [3.63, 3.8) is 0 Å². The van der Waals surface area contributed by atoms with Gasteiger partial charge in [-0.1, -0.05) is 30.3 Å². The summed E-state index contributed by atoms with van der Waals surface area (Å²) in [5.41, 5.74) is 2.04. The van der Waals surface area contributed by atoms with Crippen molar-refractivity contribution in [1.29, 1.82) is 0 Å². The van der Waals surface area contributed by atoms with Crippen molar-refractivity contribution in [3.05, 3.63) is 98.0 Å². The minimum Gasteiger partial charge on any atom is -0.451 e. The molecule has 4 heterocycles. The quantitative estimate of drug-likeness (QED) is 0.191. The SMILES string of the molecule is COC(=O)OCOc1c2n(ccc1=O)N(C1c3ccccc3-c3scc4c3-c3c1ccc(F)c3C(F)(F)C4)C1C3CCC(C3)N1C2=O. The van der Waals surface area contributed by atoms with Crippen molar-refractivity contribution in [2.24, 2.45) is 5.92 Å². The Bertz CT molecular complexity index is 2100. The maximum absolute atomic E-state index is 15.9. The van der Waals surface area contributed by atoms with Crippen LogP contribution >= 0.6 is 11.3 Å². The van der Waals surface area contributed by atoms with Gasteiger partial charge in [-0.3, -0.25) is 19.3 Å². The third kappa shape index (κ3) is 3.80. The number of pyridine rings is 1. The number of hydrogen-bond donors (Lipinski definition) is 0. The van der Waals surface area contributed by atoms with Gasteiger partial charge in [-0.25, -0.2) is 18.0 Å². The standard InChI is InChI=1S/C34H26F3N3O6S/c1-44-33(43)46-15-45-29-23(41)10-11-38-28(29)32(42)39-18-7-6-16(12-18)31(39)40(38)27-19-4-2-3-5-20(19)30-24-17(14-47-30)13-34(36,37)26-22(35)9-8-21(27)25(24)26/h2-5,8-11,14,16,18,27,31H,6-7,12-13,15H2,1H3. The van der Waals surface area contributed by atoms with Crippen LogP contribution in [0.3, 0.4) is 0 Å². The average Bonchev–Trinajstić information content (AvgIpc) is 3.77. The van der Waals surface area contributed by atoms with Crippen molar-refractivity contribution in [2.45, 2.75) is 49.9 Å². The van der Waals surface area contributed by atoms with Crippen LogP contribution in [0.5, 0.6) is 5.75 Å². The van der Waals surface area contributed by atoms with E-state index in [-0.39, 0.29) is 29.0 Å². The Balaban J connectivity index is 1.33. The maximum atomic E-state index is 15.9. The van der Waals surface area contributed by atoms with Crippen LogP contribution in [0, 0.1) is 11.7 Å². The Kier molecular flexibility index (Phi) is 5.97. The first-order valence-electron chi connectivity index (χ1n) is 15.3. The molecule has 2 aromatic carbocycles. The van der Waals surface area contributed by atoms with Crippen molar-refractivity contribution in [3.8, 4) is 27.3 Å². The molecule has 13 heteroatoms. The topological polar surface area (TPSA) is 90.3 Å². The maximum Gasteiger partial charge on any atom is 0.510 e. The van der Waals surface area contributed by atoms with E-state index in [0.29, 0.717) is 16.7 Å². The Hall–Kier alpha value is -4.78. The Morgan fingerprint density at radius 1 is 1.06 bits per heavy atom. The number of aromatic nitrogens is 1. The van der Waals surface area contributed by atoms with E-state index in [9.17, 15) is 14.4 Å². The number of alkyl halides is 2. The third-order valence-corrected chi connectivity index (χ3v) is 11.3. The van der Waals surface area contributed by atoms with Crippen molar-refractivity contribution in [2.75, 3.05) is 18.9 Å². The summed E-state index contributed by atoms with van der Waals surface area (Å²) in [7, 11) is 1.13. The first-order chi connectivity index (χ1) is 22.7. The molecule has 47 heavy (non-hydrogen) atoms. The highest BCUT2D eigenvalue weighted by Gasteiger charge is 2.57. The molecule has 5 aliphatic rings. The second-order valence-corrected chi connectivity index (χ2v) is 13.4. The lowest BCUT2D eigenvalue weighted by molar-refractivity contribution is -0.00827. The zero-order chi connectivity index (χ0) is 32.4. The molecule has 4 atom stereocenters. The van der Waals surface area contributed by atoms with Gasteiger partial charge in [-0.05, 0) is 53.0 Å². The normalized spacial score (nSPS) is 23.8. The van der Waals surface area contributed by atoms with Crippen LogP contribution in [0.25, 0.3) is 21.6 Å². The minimum absolute atomic E-state index is 0.0568. The lowest BCUT2D eigenvalue weighted by Gasteiger charge is -2.52. The summed E-state index contributed by atoms with van der Waals surface area (Å²) < 4.78 is 64.0. The lowest BCUT2D eigenvalue weighted by atomic mass is 9.80. The largest absolute Gasteiger partial charge is 0.510 e. The van der Waals surface area contributed by atoms with E-state index >= 15 is 13.2 Å². The average molecular weight is 662 g/mol. The van der Waals surface area contributed by atoms with Gasteiger partial charge < -0.3 is 19.1 Å². The van der Waals surface area contributed by atoms with E-state index in [1.54, 1.807) is 21.0 Å². The predicted molar refractivity (Wildman–Crippen MR) is 164 cm³/mol. The predicted octanol–water partition coefficient (Wildman–Crippen LogP) is 6.16. The van der Waals surface area contributed by atoms with Crippen LogP contribution in [-0.4, -0.2) is 47.7 Å². The van der Waals surface area contributed by atoms with Crippen LogP contribution in [0.4, 0.5) is 18.0 Å². The zero-order valence-corrected chi connectivity index (χ0v) is 25.7. The fourth-order valence-electron chi connectivity index (χ4n) is 8.51. The minimum atomic E-state index is -3.44. The fourth-order valence-corrected chi connectivity index (χ4v) is 9.64. The summed E-state index contributed by atoms with van der Waals surface area (Å²) in [6.45, 7) is -0.683. The molecule has 1 amide bonds. The van der Waals surface area contributed by atoms with E-state index in [2.05, 4.69) is 4.74 Å². The second kappa shape index (κ2) is 9.86. The van der Waals surface area contributed by atoms with Gasteiger partial charge in [0.2, 0.25) is 18.0 Å². The molecule has 3 aliphatic carbocycles. The molecule has 0 radical (unpaired) electrons. The Labute approximate surface area is 269 Å². The number of halogens is 3. The van der Waals surface area contributed by atoms with Gasteiger partial charge >= 0.3 is 6.16 Å². The Morgan fingerprint density at radius 2 is 1.89 bits per heavy atom. The molecule has 1 saturated heterocycles. The number of ether oxygens (including phenoxy) is 3. The number of thiophene rings is 1. The summed E-state index contributed by atoms with van der Waals surface area (Å²) in [5, 5.41) is 3.72. The zero-order valence-electron chi connectivity index (χ0n) is 24.9. The van der Waals surface area contributed by atoms with Crippen LogP contribution < -0.4 is 15.2 Å². The van der Waals surface area contributed by atoms with Crippen molar-refractivity contribution >= 4 is 23.4 Å². The van der Waals surface area contributed by atoms with Crippen LogP contribution in [-0.2, 0) is 21.8 Å². The first-order valence-corrected chi connectivity index (χ1v) is 16.2. The van der Waals surface area contributed by atoms with Gasteiger partial charge in [-0.15, -0.1) is 11.3 Å². The number of hydrogen-bond acceptors (Lipinski definition) is 8. The highest BCUT2D eigenvalue weighted by Crippen LogP contribution is 2.59. The summed E-state index contributed by atoms with van der Waals surface area (Å²) in [5.74, 6) is -5.09. The molecule has 2 fully saturated rings. The van der Waals surface area contributed by atoms with Gasteiger partial charge in [0.15, 0.2) is 5.69 Å². The van der Waals surface area contributed by atoms with Gasteiger partial charge in [0.1, 0.15) is 12.0 Å². The Morgan fingerprint density at radius 3 is 2.72 bits per heavy atom. The molecular weight excluding hydrogens is 635 g/mol. The summed E-state index contributed by atoms with van der Waals surface area (Å²) in [4.78, 5) is 41.8. The van der Waals surface area contributed by atoms with E-state index in [4.69, 9.17) is 9.47 Å². The molecule has 0 spiro atoms. The highest BCUT2D eigenvalue weighted by atomic mass is 32.1. The number of rotatable bonds is 4. The number of methoxy groups -OCH3 is 1. The van der Waals surface area contributed by atoms with Crippen LogP contribution in [0.15, 0.2) is 58.8 Å². The lowest BCUT2D eigenvalue weighted by Crippen LogP contribution is -2.64. The van der Waals surface area contributed by atoms with Gasteiger partial charge in [-0.2, -0.15) is 0 Å². The molecule has 2 bridgehead atoms. The number of benzene rings is 2. The molecule has 4 unspecified atom stereocenters. The second-order valence-electron chi connectivity index (χ2n) is 12.5. The number of carbonyl (C=O) groups excluding carboxylic acids is 2. The van der Waals surface area contributed by atoms with E-state index < -0.39 is 60.2 Å². The fraction of sp³-hybridized carbons (Fsp3) is 0.324. The molecule has 9 nitrogen and oxygen atoms in total. The van der Waals surface area contributed by atoms with Crippen LogP contribution in [0.2, 0.25) is 0 Å². The summed E-state index contributed by atoms with van der Waals surface area (Å²) in [6, 6.07) is 10.7. The highest BCUT2D eigenvalue weighted by molar-refractivity contribution is 7.14. The number of fused-ring (bicyclic) bond motifs is 8. The summed E-state index contributed by atoms with van der Waals surface area (Å²) >= 11 is 1.36. The van der Waals surface area contributed by atoms with Gasteiger partial charge in [0.25, 0.3) is 11.8 Å². The summed E-state index contributed by atoms with van der Waals surface area (Å²) in [6.07, 6.45) is 1.74. The van der Waals surface area contributed by atoms with Gasteiger partial charge in [0.05, 0.1) is 18.7 Å². The molecule has 1 saturated carbocycles. The van der Waals surface area contributed by atoms with E-state index in [1.807, 2.05) is 29.3 Å². The molecule has 2 aliphatic heterocycles. The number of amides is 1.